The molecule has 0 aromatic carbocycles. The molecule has 8 bridgehead atoms. The molecule has 0 aliphatic heterocycles. The summed E-state index contributed by atoms with van der Waals surface area (Å²) in [5.74, 6) is 8.55. The van der Waals surface area contributed by atoms with Crippen LogP contribution in [-0.2, 0) is 4.79 Å². The zero-order valence-electron chi connectivity index (χ0n) is 11.4. The molecule has 106 valence electrons. The summed E-state index contributed by atoms with van der Waals surface area (Å²) in [7, 11) is 0. The summed E-state index contributed by atoms with van der Waals surface area (Å²) < 4.78 is 0. The van der Waals surface area contributed by atoms with Crippen molar-refractivity contribution in [2.45, 2.75) is 38.5 Å². The lowest BCUT2D eigenvalue weighted by molar-refractivity contribution is -0.202. The van der Waals surface area contributed by atoms with Crippen molar-refractivity contribution in [1.29, 1.82) is 0 Å². The minimum absolute atomic E-state index is 0.778. The molecule has 3 heteroatoms. The van der Waals surface area contributed by atoms with Gasteiger partial charge in [0, 0.05) is 0 Å². The average Bonchev–Trinajstić information content (AvgIpc) is 2.44. The molecule has 0 aromatic heterocycles. The van der Waals surface area contributed by atoms with Gasteiger partial charge in [-0.25, -0.2) is 4.79 Å². The standard InChI is InChI=1S/C14H20.C2H4O3/c1-7-2-12-10-4-8-5-11(9(1)10)13(3-7)14(12)6-8;3-1-2(4)5/h7-14H,1-6H2;3H,1H2,(H,4,5). The molecule has 0 unspecified atom stereocenters. The third kappa shape index (κ3) is 1.70. The highest BCUT2D eigenvalue weighted by Gasteiger charge is 2.63. The van der Waals surface area contributed by atoms with Crippen molar-refractivity contribution < 1.29 is 15.0 Å². The molecule has 2 N–H and O–H groups in total. The van der Waals surface area contributed by atoms with Gasteiger partial charge in [-0.05, 0) is 85.9 Å². The molecule has 0 saturated heterocycles. The van der Waals surface area contributed by atoms with Crippen molar-refractivity contribution >= 4 is 5.97 Å². The van der Waals surface area contributed by atoms with Crippen LogP contribution in [0.15, 0.2) is 0 Å². The molecule has 7 fully saturated rings. The molecule has 7 aliphatic rings. The van der Waals surface area contributed by atoms with Crippen LogP contribution in [0.2, 0.25) is 0 Å². The minimum atomic E-state index is -1.19. The number of carbonyl (C=O) groups is 1. The Labute approximate surface area is 114 Å². The quantitative estimate of drug-likeness (QED) is 0.764. The zero-order valence-corrected chi connectivity index (χ0v) is 11.4. The van der Waals surface area contributed by atoms with E-state index in [0.717, 1.165) is 0 Å². The van der Waals surface area contributed by atoms with E-state index in [-0.39, 0.29) is 0 Å². The maximum Gasteiger partial charge on any atom is 0.329 e. The molecular weight excluding hydrogens is 240 g/mol. The van der Waals surface area contributed by atoms with Crippen LogP contribution in [0.3, 0.4) is 0 Å². The fraction of sp³-hybridized carbons (Fsp3) is 0.938. The minimum Gasteiger partial charge on any atom is -0.480 e. The van der Waals surface area contributed by atoms with Crippen molar-refractivity contribution in [2.24, 2.45) is 47.3 Å². The number of rotatable bonds is 1. The summed E-state index contributed by atoms with van der Waals surface area (Å²) in [6.45, 7) is -0.778. The van der Waals surface area contributed by atoms with E-state index in [1.165, 1.54) is 47.3 Å². The van der Waals surface area contributed by atoms with Gasteiger partial charge < -0.3 is 10.2 Å². The smallest absolute Gasteiger partial charge is 0.329 e. The number of aliphatic carboxylic acids is 1. The van der Waals surface area contributed by atoms with Crippen LogP contribution in [-0.4, -0.2) is 22.8 Å². The van der Waals surface area contributed by atoms with Gasteiger partial charge in [0.15, 0.2) is 0 Å². The summed E-state index contributed by atoms with van der Waals surface area (Å²) >= 11 is 0. The molecule has 3 nitrogen and oxygen atoms in total. The van der Waals surface area contributed by atoms with E-state index in [0.29, 0.717) is 0 Å². The fourth-order valence-electron chi connectivity index (χ4n) is 6.89. The van der Waals surface area contributed by atoms with Crippen molar-refractivity contribution in [1.82, 2.24) is 0 Å². The first-order valence-electron chi connectivity index (χ1n) is 8.00. The van der Waals surface area contributed by atoms with Crippen LogP contribution in [0.1, 0.15) is 38.5 Å². The molecule has 0 spiro atoms. The third-order valence-electron chi connectivity index (χ3n) is 7.07. The first-order chi connectivity index (χ1) is 9.17. The van der Waals surface area contributed by atoms with E-state index >= 15 is 0 Å². The molecular formula is C16H24O3. The van der Waals surface area contributed by atoms with Gasteiger partial charge in [0.25, 0.3) is 0 Å². The second-order valence-electron chi connectivity index (χ2n) is 7.68. The molecule has 0 amide bonds. The van der Waals surface area contributed by atoms with Gasteiger partial charge in [-0.1, -0.05) is 0 Å². The Balaban J connectivity index is 0.000000171. The van der Waals surface area contributed by atoms with Crippen LogP contribution in [0.4, 0.5) is 0 Å². The summed E-state index contributed by atoms with van der Waals surface area (Å²) in [6, 6.07) is 0. The van der Waals surface area contributed by atoms with Gasteiger partial charge >= 0.3 is 5.97 Å². The van der Waals surface area contributed by atoms with E-state index < -0.39 is 12.6 Å². The van der Waals surface area contributed by atoms with Crippen molar-refractivity contribution in [2.75, 3.05) is 6.61 Å². The van der Waals surface area contributed by atoms with E-state index in [1.807, 2.05) is 0 Å². The first kappa shape index (κ1) is 12.2. The SMILES string of the molecule is C1C2CC3C4CC5CC(C14)C(C2)C3C5.O=C(O)CO. The summed E-state index contributed by atoms with van der Waals surface area (Å²) in [5.41, 5.74) is 0. The monoisotopic (exact) mass is 264 g/mol. The zero-order chi connectivity index (χ0) is 13.1. The van der Waals surface area contributed by atoms with Crippen molar-refractivity contribution in [3.05, 3.63) is 0 Å². The average molecular weight is 264 g/mol. The predicted molar refractivity (Wildman–Crippen MR) is 70.3 cm³/mol. The first-order valence-corrected chi connectivity index (χ1v) is 8.00. The van der Waals surface area contributed by atoms with Gasteiger partial charge in [-0.3, -0.25) is 0 Å². The molecule has 7 rings (SSSR count). The lowest BCUT2D eigenvalue weighted by Crippen LogP contribution is -2.62. The Kier molecular flexibility index (Phi) is 2.70. The molecule has 0 radical (unpaired) electrons. The number of carboxylic acids is 1. The van der Waals surface area contributed by atoms with Crippen LogP contribution in [0, 0.1) is 47.3 Å². The number of carboxylic acid groups (broad SMARTS) is 1. The lowest BCUT2D eigenvalue weighted by atomic mass is 9.36. The molecule has 0 atom stereocenters. The molecule has 19 heavy (non-hydrogen) atoms. The van der Waals surface area contributed by atoms with Crippen LogP contribution < -0.4 is 0 Å². The van der Waals surface area contributed by atoms with Gasteiger partial charge in [0.1, 0.15) is 6.61 Å². The normalized spacial score (nSPS) is 55.0. The fourth-order valence-corrected chi connectivity index (χ4v) is 6.89. The van der Waals surface area contributed by atoms with E-state index in [9.17, 15) is 0 Å². The Morgan fingerprint density at radius 3 is 1.11 bits per heavy atom. The number of aliphatic hydroxyl groups excluding tert-OH is 1. The number of hydrogen-bond acceptors (Lipinski definition) is 2. The van der Waals surface area contributed by atoms with Crippen molar-refractivity contribution in [3.63, 3.8) is 0 Å². The highest BCUT2D eigenvalue weighted by molar-refractivity contribution is 5.67. The number of aliphatic hydroxyl groups is 1. The van der Waals surface area contributed by atoms with E-state index in [4.69, 9.17) is 15.0 Å². The molecule has 0 heterocycles. The molecule has 7 aliphatic carbocycles. The van der Waals surface area contributed by atoms with Crippen LogP contribution in [0.25, 0.3) is 0 Å². The maximum atomic E-state index is 9.12. The Hall–Kier alpha value is -0.570. The Bertz CT molecular complexity index is 304. The topological polar surface area (TPSA) is 57.5 Å². The maximum absolute atomic E-state index is 9.12. The Morgan fingerprint density at radius 2 is 0.947 bits per heavy atom. The lowest BCUT2D eigenvalue weighted by Gasteiger charge is -2.69. The third-order valence-corrected chi connectivity index (χ3v) is 7.07. The van der Waals surface area contributed by atoms with Crippen LogP contribution in [0.5, 0.6) is 0 Å². The summed E-state index contributed by atoms with van der Waals surface area (Å²) in [5, 5.41) is 15.0. The van der Waals surface area contributed by atoms with Gasteiger partial charge in [-0.15, -0.1) is 0 Å². The molecule has 7 saturated carbocycles. The summed E-state index contributed by atoms with van der Waals surface area (Å²) in [6.07, 6.45) is 9.93. The van der Waals surface area contributed by atoms with E-state index in [1.54, 1.807) is 38.5 Å². The van der Waals surface area contributed by atoms with Crippen molar-refractivity contribution in [3.8, 4) is 0 Å². The van der Waals surface area contributed by atoms with Gasteiger partial charge in [0.05, 0.1) is 0 Å². The van der Waals surface area contributed by atoms with E-state index in [2.05, 4.69) is 0 Å². The number of hydrogen-bond donors (Lipinski definition) is 2. The highest BCUT2D eigenvalue weighted by atomic mass is 16.4. The summed E-state index contributed by atoms with van der Waals surface area (Å²) in [4.78, 5) is 9.12. The van der Waals surface area contributed by atoms with Crippen LogP contribution >= 0.6 is 0 Å². The predicted octanol–water partition coefficient (Wildman–Crippen LogP) is 2.39. The van der Waals surface area contributed by atoms with Gasteiger partial charge in [0.2, 0.25) is 0 Å². The van der Waals surface area contributed by atoms with Gasteiger partial charge in [-0.2, -0.15) is 0 Å². The second-order valence-corrected chi connectivity index (χ2v) is 7.68. The highest BCUT2D eigenvalue weighted by Crippen LogP contribution is 2.71. The Morgan fingerprint density at radius 1 is 0.737 bits per heavy atom. The second kappa shape index (κ2) is 4.21. The largest absolute Gasteiger partial charge is 0.480 e. The molecule has 0 aromatic rings.